The molecular weight excluding hydrogens is 705 g/mol. The Morgan fingerprint density at radius 3 is 2.43 bits per heavy atom. The molecule has 2 aliphatic rings. The van der Waals surface area contributed by atoms with Crippen LogP contribution in [0.5, 0.6) is 5.75 Å². The minimum Gasteiger partial charge on any atom is -0.497 e. The smallest absolute Gasteiger partial charge is 0.332 e. The first-order valence-corrected chi connectivity index (χ1v) is 18.7. The molecule has 278 valence electrons. The molecule has 0 spiro atoms. The Morgan fingerprint density at radius 2 is 1.70 bits per heavy atom. The summed E-state index contributed by atoms with van der Waals surface area (Å²) in [5.41, 5.74) is 10.5. The van der Waals surface area contributed by atoms with Gasteiger partial charge in [0.1, 0.15) is 18.0 Å². The molecule has 2 saturated heterocycles. The number of hydrogen-bond donors (Lipinski definition) is 3. The number of methoxy groups -OCH3 is 1. The lowest BCUT2D eigenvalue weighted by Crippen LogP contribution is -2.66. The fraction of sp³-hybridized carbons (Fsp3) is 0.275. The largest absolute Gasteiger partial charge is 0.497 e. The summed E-state index contributed by atoms with van der Waals surface area (Å²) in [6, 6.07) is 28.3. The Morgan fingerprint density at radius 1 is 0.963 bits per heavy atom. The van der Waals surface area contributed by atoms with Crippen molar-refractivity contribution in [1.29, 1.82) is 0 Å². The predicted molar refractivity (Wildman–Crippen MR) is 207 cm³/mol. The molecule has 14 heteroatoms. The minimum atomic E-state index is -0.837. The van der Waals surface area contributed by atoms with Crippen molar-refractivity contribution in [3.05, 3.63) is 119 Å². The maximum atomic E-state index is 14.5. The van der Waals surface area contributed by atoms with E-state index in [0.717, 1.165) is 32.7 Å². The zero-order chi connectivity index (χ0) is 37.8. The summed E-state index contributed by atoms with van der Waals surface area (Å²) in [5.74, 6) is 0.0606. The van der Waals surface area contributed by atoms with Gasteiger partial charge in [0.2, 0.25) is 11.8 Å². The fourth-order valence-corrected chi connectivity index (χ4v) is 7.84. The van der Waals surface area contributed by atoms with Gasteiger partial charge in [-0.05, 0) is 65.6 Å². The summed E-state index contributed by atoms with van der Waals surface area (Å²) >= 11 is 1.39. The van der Waals surface area contributed by atoms with Crippen LogP contribution in [0.4, 0.5) is 15.6 Å². The highest BCUT2D eigenvalue weighted by atomic mass is 32.1. The number of nitrogen functional groups attached to an aromatic ring is 1. The van der Waals surface area contributed by atoms with Crippen molar-refractivity contribution in [1.82, 2.24) is 30.1 Å². The van der Waals surface area contributed by atoms with Crippen molar-refractivity contribution in [3.63, 3.8) is 0 Å². The summed E-state index contributed by atoms with van der Waals surface area (Å²) < 4.78 is 6.18. The summed E-state index contributed by atoms with van der Waals surface area (Å²) in [5, 5.41) is 9.77. The number of carbonyl (C=O) groups is 4. The molecule has 4 aromatic carbocycles. The van der Waals surface area contributed by atoms with Crippen LogP contribution in [0.15, 0.2) is 97.1 Å². The highest BCUT2D eigenvalue weighted by Gasteiger charge is 2.52. The fourth-order valence-electron chi connectivity index (χ4n) is 7.06. The average molecular weight is 747 g/mol. The van der Waals surface area contributed by atoms with E-state index in [2.05, 4.69) is 15.6 Å². The molecule has 0 radical (unpaired) electrons. The van der Waals surface area contributed by atoms with E-state index < -0.39 is 12.2 Å². The lowest BCUT2D eigenvalue weighted by atomic mass is 9.99. The summed E-state index contributed by atoms with van der Waals surface area (Å²) in [7, 11) is 1.60. The SMILES string of the molecule is CCCN(C(=O)NCc1ccc(OC)cc1)N1CC(=O)N2[C@@H](Cc3ccc(NC(=O)c4ccccc4)cc3)C(=O)N(Cc3cccc4sc(N)nc34)C[C@@H]21. The molecular formula is C40H42N8O5S. The normalized spacial score (nSPS) is 17.1. The van der Waals surface area contributed by atoms with Crippen LogP contribution in [0.3, 0.4) is 0 Å². The zero-order valence-corrected chi connectivity index (χ0v) is 30.9. The van der Waals surface area contributed by atoms with Crippen molar-refractivity contribution in [3.8, 4) is 5.75 Å². The monoisotopic (exact) mass is 746 g/mol. The maximum absolute atomic E-state index is 14.5. The van der Waals surface area contributed by atoms with Gasteiger partial charge in [-0.25, -0.2) is 9.78 Å². The van der Waals surface area contributed by atoms with Gasteiger partial charge in [-0.2, -0.15) is 5.01 Å². The van der Waals surface area contributed by atoms with Crippen molar-refractivity contribution in [2.24, 2.45) is 0 Å². The molecule has 0 bridgehead atoms. The zero-order valence-electron chi connectivity index (χ0n) is 30.1. The number of nitrogens with one attached hydrogen (secondary N) is 2. The number of piperazine rings is 1. The Kier molecular flexibility index (Phi) is 10.7. The summed E-state index contributed by atoms with van der Waals surface area (Å²) in [4.78, 5) is 63.0. The predicted octanol–water partition coefficient (Wildman–Crippen LogP) is 5.10. The molecule has 2 atom stereocenters. The van der Waals surface area contributed by atoms with Gasteiger partial charge in [0.05, 0.1) is 30.4 Å². The van der Waals surface area contributed by atoms with E-state index in [9.17, 15) is 19.2 Å². The number of ether oxygens (including phenoxy) is 1. The molecule has 7 rings (SSSR count). The number of nitrogens with two attached hydrogens (primary N) is 1. The maximum Gasteiger partial charge on any atom is 0.332 e. The first-order chi connectivity index (χ1) is 26.2. The van der Waals surface area contributed by atoms with Crippen LogP contribution in [0.2, 0.25) is 0 Å². The number of benzene rings is 4. The van der Waals surface area contributed by atoms with Crippen LogP contribution >= 0.6 is 11.3 Å². The van der Waals surface area contributed by atoms with Crippen molar-refractivity contribution >= 4 is 56.1 Å². The molecule has 3 heterocycles. The van der Waals surface area contributed by atoms with E-state index >= 15 is 0 Å². The van der Waals surface area contributed by atoms with Crippen LogP contribution in [-0.4, -0.2) is 87.5 Å². The molecule has 5 amide bonds. The number of rotatable bonds is 12. The van der Waals surface area contributed by atoms with E-state index in [-0.39, 0.29) is 56.4 Å². The van der Waals surface area contributed by atoms with Crippen molar-refractivity contribution in [2.75, 3.05) is 37.8 Å². The molecule has 1 aromatic heterocycles. The average Bonchev–Trinajstić information content (AvgIpc) is 3.74. The first kappa shape index (κ1) is 36.4. The molecule has 13 nitrogen and oxygen atoms in total. The highest BCUT2D eigenvalue weighted by Crippen LogP contribution is 2.33. The van der Waals surface area contributed by atoms with Crippen LogP contribution < -0.4 is 21.1 Å². The van der Waals surface area contributed by atoms with Crippen LogP contribution in [0.1, 0.15) is 40.4 Å². The number of amides is 5. The number of nitrogens with zero attached hydrogens (tertiary/aromatic N) is 5. The molecule has 0 saturated carbocycles. The topological polar surface area (TPSA) is 153 Å². The van der Waals surface area contributed by atoms with Crippen molar-refractivity contribution < 1.29 is 23.9 Å². The van der Waals surface area contributed by atoms with Gasteiger partial charge in [0.15, 0.2) is 5.13 Å². The number of hydrazine groups is 1. The van der Waals surface area contributed by atoms with Crippen molar-refractivity contribution in [2.45, 2.75) is 45.1 Å². The van der Waals surface area contributed by atoms with Gasteiger partial charge >= 0.3 is 6.03 Å². The Balaban J connectivity index is 1.15. The third kappa shape index (κ3) is 7.70. The molecule has 0 aliphatic carbocycles. The third-order valence-electron chi connectivity index (χ3n) is 9.71. The second-order valence-corrected chi connectivity index (χ2v) is 14.3. The Labute approximate surface area is 317 Å². The van der Waals surface area contributed by atoms with E-state index in [0.29, 0.717) is 29.3 Å². The van der Waals surface area contributed by atoms with Gasteiger partial charge < -0.3 is 30.9 Å². The lowest BCUT2D eigenvalue weighted by molar-refractivity contribution is -0.157. The molecule has 2 aliphatic heterocycles. The van der Waals surface area contributed by atoms with Crippen LogP contribution in [0.25, 0.3) is 10.2 Å². The molecule has 0 unspecified atom stereocenters. The number of anilines is 2. The Hall–Kier alpha value is -5.99. The molecule has 4 N–H and O–H groups in total. The van der Waals surface area contributed by atoms with Crippen LogP contribution in [-0.2, 0) is 29.1 Å². The lowest BCUT2D eigenvalue weighted by Gasteiger charge is -2.46. The number of urea groups is 1. The molecule has 2 fully saturated rings. The highest BCUT2D eigenvalue weighted by molar-refractivity contribution is 7.22. The second kappa shape index (κ2) is 15.9. The number of para-hydroxylation sites is 1. The van der Waals surface area contributed by atoms with E-state index in [1.54, 1.807) is 63.3 Å². The Bertz CT molecular complexity index is 2140. The number of aromatic nitrogens is 1. The minimum absolute atomic E-state index is 0.0547. The first-order valence-electron chi connectivity index (χ1n) is 17.9. The number of carbonyl (C=O) groups excluding carboxylic acids is 4. The standard InChI is InChI=1S/C40H42N8O5S/c1-3-20-46(40(52)42-22-27-14-18-31(53-2)19-15-27)47-25-35(49)48-32(21-26-12-16-30(17-13-26)43-37(50)28-8-5-4-6-9-28)38(51)45(24-34(47)48)23-29-10-7-11-33-36(29)44-39(41)54-33/h4-19,32,34H,3,20-25H2,1-2H3,(H2,41,44)(H,42,52)(H,43,50)/t32-,34+/m0/s1. The number of fused-ring (bicyclic) bond motifs is 2. The number of thiazole rings is 1. The second-order valence-electron chi connectivity index (χ2n) is 13.3. The molecule has 54 heavy (non-hydrogen) atoms. The van der Waals surface area contributed by atoms with E-state index in [4.69, 9.17) is 10.5 Å². The van der Waals surface area contributed by atoms with Gasteiger partial charge in [-0.15, -0.1) is 0 Å². The van der Waals surface area contributed by atoms with E-state index in [1.165, 1.54) is 11.3 Å². The van der Waals surface area contributed by atoms with Gasteiger partial charge in [-0.1, -0.05) is 72.9 Å². The molecule has 5 aromatic rings. The summed E-state index contributed by atoms with van der Waals surface area (Å²) in [6.45, 7) is 3.02. The van der Waals surface area contributed by atoms with E-state index in [1.807, 2.05) is 67.6 Å². The number of hydrogen-bond acceptors (Lipinski definition) is 9. The third-order valence-corrected chi connectivity index (χ3v) is 10.6. The summed E-state index contributed by atoms with van der Waals surface area (Å²) in [6.07, 6.45) is 0.298. The van der Waals surface area contributed by atoms with Gasteiger partial charge in [0.25, 0.3) is 5.91 Å². The quantitative estimate of drug-likeness (QED) is 0.160. The van der Waals surface area contributed by atoms with Gasteiger partial charge in [-0.3, -0.25) is 19.4 Å². The van der Waals surface area contributed by atoms with Crippen LogP contribution in [0, 0.1) is 0 Å². The van der Waals surface area contributed by atoms with Gasteiger partial charge in [0, 0.05) is 37.3 Å².